The Morgan fingerprint density at radius 1 is 1.19 bits per heavy atom. The summed E-state index contributed by atoms with van der Waals surface area (Å²) in [5, 5.41) is 2.88. The lowest BCUT2D eigenvalue weighted by atomic mass is 10.1. The maximum atomic E-state index is 12.5. The van der Waals surface area contributed by atoms with Gasteiger partial charge in [-0.15, -0.1) is 0 Å². The molecule has 0 saturated heterocycles. The molecule has 142 valence electrons. The quantitative estimate of drug-likeness (QED) is 0.867. The topological polar surface area (TPSA) is 84.9 Å². The average molecular weight is 388 g/mol. The number of fused-ring (bicyclic) bond motifs is 2. The fourth-order valence-electron chi connectivity index (χ4n) is 3.58. The number of carbonyl (C=O) groups excluding carboxylic acids is 1. The molecule has 0 radical (unpaired) electrons. The van der Waals surface area contributed by atoms with Crippen LogP contribution in [0.25, 0.3) is 0 Å². The number of nitrogens with zero attached hydrogens (tertiary/aromatic N) is 1. The van der Waals surface area contributed by atoms with E-state index in [2.05, 4.69) is 5.32 Å². The summed E-state index contributed by atoms with van der Waals surface area (Å²) >= 11 is 0. The molecule has 0 aromatic heterocycles. The van der Waals surface area contributed by atoms with Crippen LogP contribution < -0.4 is 19.1 Å². The second kappa shape index (κ2) is 6.45. The van der Waals surface area contributed by atoms with E-state index in [-0.39, 0.29) is 18.7 Å². The molecule has 7 nitrogen and oxygen atoms in total. The number of ether oxygens (including phenoxy) is 2. The van der Waals surface area contributed by atoms with Crippen molar-refractivity contribution in [2.45, 2.75) is 25.9 Å². The Kier molecular flexibility index (Phi) is 4.22. The number of carbonyl (C=O) groups is 1. The van der Waals surface area contributed by atoms with E-state index in [1.807, 2.05) is 25.1 Å². The predicted octanol–water partition coefficient (Wildman–Crippen LogP) is 2.06. The molecule has 2 aromatic carbocycles. The summed E-state index contributed by atoms with van der Waals surface area (Å²) in [6.45, 7) is 2.43. The molecule has 1 amide bonds. The van der Waals surface area contributed by atoms with Crippen molar-refractivity contribution >= 4 is 21.6 Å². The Labute approximate surface area is 157 Å². The number of rotatable bonds is 4. The molecule has 0 fully saturated rings. The summed E-state index contributed by atoms with van der Waals surface area (Å²) in [6, 6.07) is 10.5. The first-order chi connectivity index (χ1) is 12.8. The first kappa shape index (κ1) is 17.7. The monoisotopic (exact) mass is 388 g/mol. The normalized spacial score (nSPS) is 17.7. The smallest absolute Gasteiger partial charge is 0.251 e. The molecule has 2 aromatic rings. The molecule has 4 rings (SSSR count). The molecular formula is C19H20N2O5S. The van der Waals surface area contributed by atoms with Gasteiger partial charge in [0.15, 0.2) is 11.5 Å². The first-order valence-corrected chi connectivity index (χ1v) is 10.5. The third-order valence-electron chi connectivity index (χ3n) is 4.74. The van der Waals surface area contributed by atoms with Crippen molar-refractivity contribution in [3.8, 4) is 11.5 Å². The predicted molar refractivity (Wildman–Crippen MR) is 101 cm³/mol. The van der Waals surface area contributed by atoms with Crippen molar-refractivity contribution < 1.29 is 22.7 Å². The fourth-order valence-corrected chi connectivity index (χ4v) is 4.85. The summed E-state index contributed by atoms with van der Waals surface area (Å²) in [5.41, 5.74) is 2.93. The first-order valence-electron chi connectivity index (χ1n) is 8.62. The summed E-state index contributed by atoms with van der Waals surface area (Å²) < 4.78 is 36.0. The zero-order chi connectivity index (χ0) is 19.2. The minimum atomic E-state index is -3.34. The lowest BCUT2D eigenvalue weighted by Gasteiger charge is -2.21. The van der Waals surface area contributed by atoms with E-state index in [4.69, 9.17) is 9.47 Å². The van der Waals surface area contributed by atoms with Gasteiger partial charge in [-0.2, -0.15) is 0 Å². The third-order valence-corrected chi connectivity index (χ3v) is 6.01. The largest absolute Gasteiger partial charge is 0.454 e. The van der Waals surface area contributed by atoms with Crippen molar-refractivity contribution in [1.29, 1.82) is 0 Å². The van der Waals surface area contributed by atoms with Crippen LogP contribution in [0, 0.1) is 0 Å². The molecule has 2 aliphatic rings. The van der Waals surface area contributed by atoms with E-state index in [9.17, 15) is 13.2 Å². The van der Waals surface area contributed by atoms with Crippen LogP contribution in [0.4, 0.5) is 5.69 Å². The van der Waals surface area contributed by atoms with E-state index in [0.29, 0.717) is 35.7 Å². The molecule has 1 atom stereocenters. The molecule has 0 aliphatic carbocycles. The zero-order valence-corrected chi connectivity index (χ0v) is 15.9. The highest BCUT2D eigenvalue weighted by Crippen LogP contribution is 2.35. The van der Waals surface area contributed by atoms with Gasteiger partial charge in [0.2, 0.25) is 16.8 Å². The van der Waals surface area contributed by atoms with Crippen LogP contribution in [0.15, 0.2) is 36.4 Å². The molecule has 0 unspecified atom stereocenters. The van der Waals surface area contributed by atoms with Crippen LogP contribution in [0.5, 0.6) is 11.5 Å². The van der Waals surface area contributed by atoms with Gasteiger partial charge in [0.25, 0.3) is 5.91 Å². The van der Waals surface area contributed by atoms with Crippen molar-refractivity contribution in [1.82, 2.24) is 5.32 Å². The second-order valence-electron chi connectivity index (χ2n) is 6.83. The second-order valence-corrected chi connectivity index (χ2v) is 8.69. The van der Waals surface area contributed by atoms with Gasteiger partial charge in [-0.05, 0) is 54.8 Å². The van der Waals surface area contributed by atoms with Crippen molar-refractivity contribution in [3.05, 3.63) is 53.1 Å². The Balaban J connectivity index is 1.48. The van der Waals surface area contributed by atoms with Crippen LogP contribution >= 0.6 is 0 Å². The van der Waals surface area contributed by atoms with Gasteiger partial charge in [-0.25, -0.2) is 8.42 Å². The molecule has 0 spiro atoms. The van der Waals surface area contributed by atoms with E-state index in [0.717, 1.165) is 11.1 Å². The van der Waals surface area contributed by atoms with Gasteiger partial charge in [0.05, 0.1) is 11.9 Å². The van der Waals surface area contributed by atoms with Gasteiger partial charge in [-0.3, -0.25) is 9.10 Å². The fraction of sp³-hybridized carbons (Fsp3) is 0.316. The molecule has 27 heavy (non-hydrogen) atoms. The van der Waals surface area contributed by atoms with Crippen molar-refractivity contribution in [3.63, 3.8) is 0 Å². The van der Waals surface area contributed by atoms with Gasteiger partial charge in [-0.1, -0.05) is 6.07 Å². The third kappa shape index (κ3) is 3.32. The Bertz CT molecular complexity index is 1020. The average Bonchev–Trinajstić information content (AvgIpc) is 3.20. The minimum Gasteiger partial charge on any atom is -0.454 e. The molecule has 2 aliphatic heterocycles. The van der Waals surface area contributed by atoms with E-state index < -0.39 is 10.0 Å². The highest BCUT2D eigenvalue weighted by Gasteiger charge is 2.32. The van der Waals surface area contributed by atoms with Crippen LogP contribution in [-0.4, -0.2) is 33.4 Å². The molecular weight excluding hydrogens is 368 g/mol. The molecule has 2 heterocycles. The van der Waals surface area contributed by atoms with Crippen molar-refractivity contribution in [2.75, 3.05) is 17.4 Å². The number of hydrogen-bond acceptors (Lipinski definition) is 5. The van der Waals surface area contributed by atoms with Gasteiger partial charge < -0.3 is 14.8 Å². The van der Waals surface area contributed by atoms with Crippen molar-refractivity contribution in [2.24, 2.45) is 0 Å². The number of hydrogen-bond donors (Lipinski definition) is 1. The summed E-state index contributed by atoms with van der Waals surface area (Å²) in [6.07, 6.45) is 1.79. The standard InChI is InChI=1S/C19H20N2O5S/c1-12-7-15-9-14(4-5-16(15)21(12)27(2,23)24)19(22)20-10-13-3-6-17-18(8-13)26-11-25-17/h3-6,8-9,12H,7,10-11H2,1-2H3,(H,20,22)/t12-/m1/s1. The van der Waals surface area contributed by atoms with E-state index in [1.165, 1.54) is 10.6 Å². The lowest BCUT2D eigenvalue weighted by molar-refractivity contribution is 0.0950. The summed E-state index contributed by atoms with van der Waals surface area (Å²) in [7, 11) is -3.34. The highest BCUT2D eigenvalue weighted by atomic mass is 32.2. The van der Waals surface area contributed by atoms with Crippen LogP contribution in [0.3, 0.4) is 0 Å². The summed E-state index contributed by atoms with van der Waals surface area (Å²) in [4.78, 5) is 12.5. The maximum absolute atomic E-state index is 12.5. The number of anilines is 1. The van der Waals surface area contributed by atoms with Crippen LogP contribution in [0.2, 0.25) is 0 Å². The lowest BCUT2D eigenvalue weighted by Crippen LogP contribution is -2.34. The zero-order valence-electron chi connectivity index (χ0n) is 15.1. The SMILES string of the molecule is C[C@@H]1Cc2cc(C(=O)NCc3ccc4c(c3)OCO4)ccc2N1S(C)(=O)=O. The van der Waals surface area contributed by atoms with Gasteiger partial charge in [0.1, 0.15) is 0 Å². The maximum Gasteiger partial charge on any atom is 0.251 e. The Morgan fingerprint density at radius 3 is 2.74 bits per heavy atom. The molecule has 1 N–H and O–H groups in total. The van der Waals surface area contributed by atoms with E-state index in [1.54, 1.807) is 18.2 Å². The van der Waals surface area contributed by atoms with E-state index >= 15 is 0 Å². The molecule has 0 saturated carbocycles. The Morgan fingerprint density at radius 2 is 1.96 bits per heavy atom. The highest BCUT2D eigenvalue weighted by molar-refractivity contribution is 7.92. The summed E-state index contributed by atoms with van der Waals surface area (Å²) in [5.74, 6) is 1.17. The number of nitrogens with one attached hydrogen (secondary N) is 1. The molecule has 0 bridgehead atoms. The van der Waals surface area contributed by atoms with Crippen LogP contribution in [0.1, 0.15) is 28.4 Å². The molecule has 8 heteroatoms. The minimum absolute atomic E-state index is 0.151. The van der Waals surface area contributed by atoms with Gasteiger partial charge >= 0.3 is 0 Å². The number of benzene rings is 2. The van der Waals surface area contributed by atoms with Crippen LogP contribution in [-0.2, 0) is 23.0 Å². The number of sulfonamides is 1. The Hall–Kier alpha value is -2.74. The van der Waals surface area contributed by atoms with Gasteiger partial charge in [0, 0.05) is 18.2 Å². The number of amides is 1.